The van der Waals surface area contributed by atoms with Crippen LogP contribution in [0.25, 0.3) is 0 Å². The minimum absolute atomic E-state index is 0.0377. The van der Waals surface area contributed by atoms with Crippen LogP contribution in [0.3, 0.4) is 0 Å². The Morgan fingerprint density at radius 3 is 2.16 bits per heavy atom. The van der Waals surface area contributed by atoms with E-state index in [9.17, 15) is 18.0 Å². The third-order valence-electron chi connectivity index (χ3n) is 6.69. The molecule has 0 saturated carbocycles. The third-order valence-corrected chi connectivity index (χ3v) is 9.21. The fourth-order valence-electron chi connectivity index (χ4n) is 4.56. The normalized spacial score (nSPS) is 12.0. The van der Waals surface area contributed by atoms with Crippen LogP contribution in [0.4, 0.5) is 5.69 Å². The van der Waals surface area contributed by atoms with Crippen LogP contribution < -0.4 is 19.1 Å². The first-order valence-corrected chi connectivity index (χ1v) is 16.8. The van der Waals surface area contributed by atoms with Crippen LogP contribution in [0.1, 0.15) is 39.7 Å². The summed E-state index contributed by atoms with van der Waals surface area (Å²) in [6.07, 6.45) is 2.24. The van der Waals surface area contributed by atoms with E-state index in [1.54, 1.807) is 62.6 Å². The maximum atomic E-state index is 14.3. The van der Waals surface area contributed by atoms with Gasteiger partial charge in [-0.1, -0.05) is 31.2 Å². The van der Waals surface area contributed by atoms with Gasteiger partial charge in [-0.15, -0.1) is 11.8 Å². The van der Waals surface area contributed by atoms with Gasteiger partial charge < -0.3 is 19.7 Å². The number of carbonyl (C=O) groups excluding carboxylic acids is 2. The van der Waals surface area contributed by atoms with Gasteiger partial charge in [0.2, 0.25) is 11.8 Å². The first-order valence-electron chi connectivity index (χ1n) is 14.2. The van der Waals surface area contributed by atoms with Gasteiger partial charge in [-0.3, -0.25) is 13.9 Å². The Balaban J connectivity index is 2.11. The number of carbonyl (C=O) groups is 2. The van der Waals surface area contributed by atoms with Crippen LogP contribution in [0, 0.1) is 0 Å². The Morgan fingerprint density at radius 1 is 0.953 bits per heavy atom. The summed E-state index contributed by atoms with van der Waals surface area (Å²) in [5.41, 5.74) is 0.998. The summed E-state index contributed by atoms with van der Waals surface area (Å²) in [4.78, 5) is 30.0. The molecule has 2 amide bonds. The van der Waals surface area contributed by atoms with Gasteiger partial charge in [-0.2, -0.15) is 0 Å². The number of methoxy groups -OCH3 is 1. The highest BCUT2D eigenvalue weighted by molar-refractivity contribution is 7.98. The predicted octanol–water partition coefficient (Wildman–Crippen LogP) is 5.34. The van der Waals surface area contributed by atoms with E-state index in [0.29, 0.717) is 24.5 Å². The summed E-state index contributed by atoms with van der Waals surface area (Å²) in [5.74, 6) is 0.144. The van der Waals surface area contributed by atoms with E-state index in [0.717, 1.165) is 14.8 Å². The van der Waals surface area contributed by atoms with E-state index in [1.165, 1.54) is 28.8 Å². The summed E-state index contributed by atoms with van der Waals surface area (Å²) in [6.45, 7) is 7.18. The topological polar surface area (TPSA) is 105 Å². The molecule has 11 heteroatoms. The van der Waals surface area contributed by atoms with Crippen molar-refractivity contribution >= 4 is 39.3 Å². The number of ether oxygens (including phenoxy) is 2. The number of nitrogens with zero attached hydrogens (tertiary/aromatic N) is 2. The van der Waals surface area contributed by atoms with Gasteiger partial charge in [0.05, 0.1) is 24.3 Å². The van der Waals surface area contributed by atoms with E-state index in [4.69, 9.17) is 9.47 Å². The summed E-state index contributed by atoms with van der Waals surface area (Å²) in [7, 11) is -2.66. The van der Waals surface area contributed by atoms with Crippen LogP contribution in [0.5, 0.6) is 11.5 Å². The molecule has 1 atom stereocenters. The van der Waals surface area contributed by atoms with Gasteiger partial charge in [-0.05, 0) is 87.5 Å². The molecule has 1 N–H and O–H groups in total. The summed E-state index contributed by atoms with van der Waals surface area (Å²) >= 11 is 1.50. The van der Waals surface area contributed by atoms with Crippen molar-refractivity contribution in [3.05, 3.63) is 78.4 Å². The van der Waals surface area contributed by atoms with Crippen molar-refractivity contribution in [2.24, 2.45) is 0 Å². The van der Waals surface area contributed by atoms with E-state index < -0.39 is 28.5 Å². The molecule has 0 aliphatic rings. The van der Waals surface area contributed by atoms with Crippen molar-refractivity contribution in [3.8, 4) is 11.5 Å². The van der Waals surface area contributed by atoms with Crippen molar-refractivity contribution < 1.29 is 27.5 Å². The van der Waals surface area contributed by atoms with Crippen LogP contribution in [-0.4, -0.2) is 63.7 Å². The molecule has 0 fully saturated rings. The van der Waals surface area contributed by atoms with E-state index in [-0.39, 0.29) is 29.1 Å². The number of thioether (sulfide) groups is 1. The zero-order chi connectivity index (χ0) is 31.6. The molecule has 0 spiro atoms. The highest BCUT2D eigenvalue weighted by Crippen LogP contribution is 2.33. The fourth-order valence-corrected chi connectivity index (χ4v) is 6.39. The quantitative estimate of drug-likeness (QED) is 0.227. The maximum Gasteiger partial charge on any atom is 0.264 e. The number of sulfonamides is 1. The monoisotopic (exact) mass is 627 g/mol. The van der Waals surface area contributed by atoms with Gasteiger partial charge in [0.25, 0.3) is 10.0 Å². The van der Waals surface area contributed by atoms with Crippen LogP contribution in [0.2, 0.25) is 0 Å². The zero-order valence-corrected chi connectivity index (χ0v) is 27.2. The van der Waals surface area contributed by atoms with E-state index in [1.807, 2.05) is 39.2 Å². The molecule has 3 rings (SSSR count). The maximum absolute atomic E-state index is 14.3. The number of benzene rings is 3. The summed E-state index contributed by atoms with van der Waals surface area (Å²) in [6, 6.07) is 19.5. The van der Waals surface area contributed by atoms with Gasteiger partial charge in [-0.25, -0.2) is 8.42 Å². The number of anilines is 1. The number of hydrogen-bond donors (Lipinski definition) is 1. The van der Waals surface area contributed by atoms with Gasteiger partial charge >= 0.3 is 0 Å². The van der Waals surface area contributed by atoms with Crippen molar-refractivity contribution in [1.29, 1.82) is 0 Å². The smallest absolute Gasteiger partial charge is 0.264 e. The van der Waals surface area contributed by atoms with Crippen LogP contribution in [-0.2, 0) is 26.2 Å². The molecule has 0 unspecified atom stereocenters. The molecule has 43 heavy (non-hydrogen) atoms. The largest absolute Gasteiger partial charge is 0.497 e. The molecule has 9 nitrogen and oxygen atoms in total. The molecule has 3 aromatic carbocycles. The molecule has 0 radical (unpaired) electrons. The van der Waals surface area contributed by atoms with Crippen LogP contribution in [0.15, 0.2) is 82.6 Å². The average molecular weight is 628 g/mol. The lowest BCUT2D eigenvalue weighted by Gasteiger charge is -2.34. The van der Waals surface area contributed by atoms with Gasteiger partial charge in [0.15, 0.2) is 0 Å². The average Bonchev–Trinajstić information content (AvgIpc) is 3.00. The first kappa shape index (κ1) is 33.8. The Bertz CT molecular complexity index is 1460. The number of rotatable bonds is 15. The minimum atomic E-state index is -4.22. The number of nitrogens with one attached hydrogen (secondary N) is 1. The second-order valence-corrected chi connectivity index (χ2v) is 12.8. The zero-order valence-electron chi connectivity index (χ0n) is 25.6. The van der Waals surface area contributed by atoms with Crippen molar-refractivity contribution in [2.45, 2.75) is 62.5 Å². The minimum Gasteiger partial charge on any atom is -0.497 e. The predicted molar refractivity (Wildman–Crippen MR) is 171 cm³/mol. The Morgan fingerprint density at radius 2 is 1.60 bits per heavy atom. The van der Waals surface area contributed by atoms with E-state index >= 15 is 0 Å². The summed E-state index contributed by atoms with van der Waals surface area (Å²) < 4.78 is 40.5. The lowest BCUT2D eigenvalue weighted by molar-refractivity contribution is -0.140. The molecular weight excluding hydrogens is 587 g/mol. The number of para-hydroxylation sites is 2. The van der Waals surface area contributed by atoms with Crippen molar-refractivity contribution in [2.75, 3.05) is 30.8 Å². The molecular formula is C32H41N3O6S2. The molecule has 0 bridgehead atoms. The molecule has 0 aliphatic heterocycles. The lowest BCUT2D eigenvalue weighted by Crippen LogP contribution is -2.53. The second kappa shape index (κ2) is 15.7. The van der Waals surface area contributed by atoms with Crippen LogP contribution >= 0.6 is 11.8 Å². The second-order valence-electron chi connectivity index (χ2n) is 10.0. The molecule has 0 heterocycles. The fraction of sp³-hybridized carbons (Fsp3) is 0.375. The number of amides is 2. The number of hydrogen-bond acceptors (Lipinski definition) is 7. The molecule has 0 aromatic heterocycles. The van der Waals surface area contributed by atoms with Crippen molar-refractivity contribution in [3.63, 3.8) is 0 Å². The standard InChI is InChI=1S/C32H41N3O6S2/c1-7-28(32(37)33-23(3)4)34(21-24-13-15-25(40-5)16-14-24)31(36)22-35(29-11-9-10-12-30(29)41-8-2)43(38,39)27-19-17-26(42-6)18-20-27/h9-20,23,28H,7-8,21-22H2,1-6H3,(H,33,37)/t28-/m0/s1. The van der Waals surface area contributed by atoms with Gasteiger partial charge in [0.1, 0.15) is 24.1 Å². The SMILES string of the molecule is CCOc1ccccc1N(CC(=O)N(Cc1ccc(OC)cc1)[C@@H](CC)C(=O)NC(C)C)S(=O)(=O)c1ccc(SC)cc1. The molecule has 232 valence electrons. The third kappa shape index (κ3) is 8.67. The Kier molecular flexibility index (Phi) is 12.3. The first-order chi connectivity index (χ1) is 20.5. The van der Waals surface area contributed by atoms with Crippen molar-refractivity contribution in [1.82, 2.24) is 10.2 Å². The highest BCUT2D eigenvalue weighted by Gasteiger charge is 2.35. The highest BCUT2D eigenvalue weighted by atomic mass is 32.2. The van der Waals surface area contributed by atoms with E-state index in [2.05, 4.69) is 5.32 Å². The molecule has 3 aromatic rings. The Labute approximate surface area is 259 Å². The summed E-state index contributed by atoms with van der Waals surface area (Å²) in [5, 5.41) is 2.90. The lowest BCUT2D eigenvalue weighted by atomic mass is 10.1. The van der Waals surface area contributed by atoms with Gasteiger partial charge in [0, 0.05) is 17.5 Å². The Hall–Kier alpha value is -3.70. The molecule has 0 aliphatic carbocycles. The molecule has 0 saturated heterocycles.